The molecule has 9 nitrogen and oxygen atoms in total. The van der Waals surface area contributed by atoms with Crippen LogP contribution in [0, 0.1) is 6.92 Å². The third kappa shape index (κ3) is 4.84. The van der Waals surface area contributed by atoms with Crippen LogP contribution < -0.4 is 10.4 Å². The molecule has 2 bridgehead atoms. The van der Waals surface area contributed by atoms with Crippen LogP contribution in [-0.4, -0.2) is 65.0 Å². The van der Waals surface area contributed by atoms with E-state index in [-0.39, 0.29) is 12.5 Å². The molecule has 2 saturated heterocycles. The van der Waals surface area contributed by atoms with E-state index in [1.165, 1.54) is 20.1 Å². The predicted molar refractivity (Wildman–Crippen MR) is 123 cm³/mol. The average Bonchev–Trinajstić information content (AvgIpc) is 2.94. The molecule has 0 aliphatic carbocycles. The molecule has 1 aromatic heterocycles. The van der Waals surface area contributed by atoms with Gasteiger partial charge >= 0.3 is 11.6 Å². The summed E-state index contributed by atoms with van der Waals surface area (Å²) in [6.07, 6.45) is 3.17. The minimum Gasteiger partial charge on any atom is -0.496 e. The number of methoxy groups -OCH3 is 1. The van der Waals surface area contributed by atoms with Crippen molar-refractivity contribution in [3.8, 4) is 5.75 Å². The van der Waals surface area contributed by atoms with Crippen LogP contribution in [-0.2, 0) is 19.0 Å². The predicted octanol–water partition coefficient (Wildman–Crippen LogP) is 2.29. The highest BCUT2D eigenvalue weighted by Crippen LogP contribution is 2.51. The Hall–Kier alpha value is -2.46. The minimum absolute atomic E-state index is 0.108. The monoisotopic (exact) mass is 478 g/mol. The number of hydrogen-bond acceptors (Lipinski definition) is 9. The smallest absolute Gasteiger partial charge is 0.339 e. The molecule has 1 unspecified atom stereocenters. The van der Waals surface area contributed by atoms with E-state index in [1.807, 2.05) is 13.8 Å². The van der Waals surface area contributed by atoms with Gasteiger partial charge in [-0.05, 0) is 33.3 Å². The summed E-state index contributed by atoms with van der Waals surface area (Å²) in [4.78, 5) is 23.3. The molecule has 2 aliphatic heterocycles. The number of aliphatic hydroxyl groups excluding tert-OH is 2. The number of esters is 1. The molecular weight excluding hydrogens is 444 g/mol. The van der Waals surface area contributed by atoms with E-state index in [9.17, 15) is 19.8 Å². The van der Waals surface area contributed by atoms with Gasteiger partial charge in [-0.25, -0.2) is 4.79 Å². The van der Waals surface area contributed by atoms with Crippen LogP contribution in [0.2, 0.25) is 0 Å². The van der Waals surface area contributed by atoms with Crippen molar-refractivity contribution in [2.45, 2.75) is 89.2 Å². The molecule has 34 heavy (non-hydrogen) atoms. The lowest BCUT2D eigenvalue weighted by atomic mass is 9.76. The van der Waals surface area contributed by atoms with Crippen LogP contribution in [0.4, 0.5) is 0 Å². The molecule has 3 rings (SSSR count). The maximum absolute atomic E-state index is 11.7. The van der Waals surface area contributed by atoms with Gasteiger partial charge in [0.05, 0.1) is 31.5 Å². The average molecular weight is 479 g/mol. The van der Waals surface area contributed by atoms with Crippen LogP contribution >= 0.6 is 0 Å². The van der Waals surface area contributed by atoms with Gasteiger partial charge in [-0.3, -0.25) is 4.79 Å². The summed E-state index contributed by atoms with van der Waals surface area (Å²) in [5.74, 6) is 0.305. The second kappa shape index (κ2) is 10.0. The molecule has 2 aliphatic rings. The lowest BCUT2D eigenvalue weighted by molar-refractivity contribution is -0.249. The van der Waals surface area contributed by atoms with Crippen LogP contribution in [0.3, 0.4) is 0 Å². The van der Waals surface area contributed by atoms with E-state index in [0.717, 1.165) is 0 Å². The van der Waals surface area contributed by atoms with E-state index in [0.29, 0.717) is 23.5 Å². The number of ether oxygens (including phenoxy) is 4. The summed E-state index contributed by atoms with van der Waals surface area (Å²) in [7, 11) is 1.47. The van der Waals surface area contributed by atoms with Crippen LogP contribution in [0.25, 0.3) is 6.08 Å². The van der Waals surface area contributed by atoms with Gasteiger partial charge < -0.3 is 33.6 Å². The first-order valence-corrected chi connectivity index (χ1v) is 11.4. The summed E-state index contributed by atoms with van der Waals surface area (Å²) in [6.45, 7) is 8.54. The minimum atomic E-state index is -1.16. The zero-order valence-corrected chi connectivity index (χ0v) is 20.4. The fraction of sp³-hybridized carbons (Fsp3) is 0.600. The number of aliphatic hydroxyl groups is 2. The molecule has 7 atom stereocenters. The molecule has 2 N–H and O–H groups in total. The van der Waals surface area contributed by atoms with E-state index in [2.05, 4.69) is 0 Å². The number of hydrogen-bond donors (Lipinski definition) is 2. The first-order valence-electron chi connectivity index (χ1n) is 11.4. The van der Waals surface area contributed by atoms with Gasteiger partial charge in [0.2, 0.25) is 0 Å². The van der Waals surface area contributed by atoms with Crippen molar-refractivity contribution in [1.29, 1.82) is 0 Å². The molecular formula is C25H34O9. The summed E-state index contributed by atoms with van der Waals surface area (Å²) < 4.78 is 28.2. The molecule has 3 heterocycles. The fourth-order valence-electron chi connectivity index (χ4n) is 4.99. The highest BCUT2D eigenvalue weighted by molar-refractivity contribution is 5.66. The second-order valence-corrected chi connectivity index (χ2v) is 9.14. The molecule has 0 spiro atoms. The van der Waals surface area contributed by atoms with E-state index >= 15 is 0 Å². The Kier molecular flexibility index (Phi) is 7.72. The maximum atomic E-state index is 11.7. The number of allylic oxidation sites excluding steroid dienone is 2. The second-order valence-electron chi connectivity index (χ2n) is 9.14. The Morgan fingerprint density at radius 3 is 2.59 bits per heavy atom. The van der Waals surface area contributed by atoms with Crippen molar-refractivity contribution in [3.05, 3.63) is 46.0 Å². The number of carbonyl (C=O) groups excluding carboxylic acids is 1. The number of rotatable bonds is 8. The van der Waals surface area contributed by atoms with Crippen LogP contribution in [0.1, 0.15) is 51.9 Å². The molecule has 0 aromatic carbocycles. The zero-order chi connectivity index (χ0) is 25.3. The van der Waals surface area contributed by atoms with Crippen LogP contribution in [0.5, 0.6) is 5.75 Å². The van der Waals surface area contributed by atoms with Gasteiger partial charge in [-0.1, -0.05) is 25.2 Å². The van der Waals surface area contributed by atoms with E-state index < -0.39 is 47.2 Å². The molecule has 9 heteroatoms. The first kappa shape index (κ1) is 26.2. The quantitative estimate of drug-likeness (QED) is 0.428. The molecule has 0 amide bonds. The summed E-state index contributed by atoms with van der Waals surface area (Å²) in [5, 5.41) is 21.6. The zero-order valence-electron chi connectivity index (χ0n) is 20.4. The van der Waals surface area contributed by atoms with Crippen molar-refractivity contribution >= 4 is 12.0 Å². The normalized spacial score (nSPS) is 34.0. The summed E-state index contributed by atoms with van der Waals surface area (Å²) in [6, 6.07) is 1.27. The third-order valence-corrected chi connectivity index (χ3v) is 6.66. The lowest BCUT2D eigenvalue weighted by Crippen LogP contribution is -2.66. The first-order chi connectivity index (χ1) is 16.0. The van der Waals surface area contributed by atoms with Crippen molar-refractivity contribution in [2.24, 2.45) is 0 Å². The SMILES string of the molecule is CC[C@H]1O[C@@]2(C)[C@H](OC(C)=O)[C@@]1(C)O[C@@H](CC(O)/C=C/C=C/c1oc(=O)cc(OC)c1C)[C@@H]2O. The van der Waals surface area contributed by atoms with E-state index in [1.54, 1.807) is 38.2 Å². The Morgan fingerprint density at radius 1 is 1.26 bits per heavy atom. The molecule has 1 aromatic rings. The van der Waals surface area contributed by atoms with Gasteiger partial charge in [0, 0.05) is 18.9 Å². The maximum Gasteiger partial charge on any atom is 0.339 e. The molecule has 188 valence electrons. The highest BCUT2D eigenvalue weighted by atomic mass is 16.7. The van der Waals surface area contributed by atoms with Gasteiger partial charge in [0.15, 0.2) is 6.10 Å². The highest BCUT2D eigenvalue weighted by Gasteiger charge is 2.70. The molecule has 2 fully saturated rings. The van der Waals surface area contributed by atoms with Crippen molar-refractivity contribution < 1.29 is 38.4 Å². The standard InChI is InChI=1S/C25H34O9/c1-7-20-24(4)23(31-15(3)26)25(5,34-20)22(29)19(33-24)12-16(27)10-8-9-11-17-14(2)18(30-6)13-21(28)32-17/h8-11,13,16,19-20,22-23,27,29H,7,12H2,1-6H3/b10-8+,11-9+/t16?,19-,20+,22-,23+,24-,25+/m0/s1. The van der Waals surface area contributed by atoms with Crippen molar-refractivity contribution in [1.82, 2.24) is 0 Å². The van der Waals surface area contributed by atoms with Crippen molar-refractivity contribution in [2.75, 3.05) is 7.11 Å². The Balaban J connectivity index is 1.71. The van der Waals surface area contributed by atoms with E-state index in [4.69, 9.17) is 23.4 Å². The Morgan fingerprint density at radius 2 is 1.97 bits per heavy atom. The molecule has 0 radical (unpaired) electrons. The third-order valence-electron chi connectivity index (χ3n) is 6.66. The Labute approximate surface area is 199 Å². The van der Waals surface area contributed by atoms with Gasteiger partial charge in [-0.15, -0.1) is 0 Å². The summed E-state index contributed by atoms with van der Waals surface area (Å²) >= 11 is 0. The van der Waals surface area contributed by atoms with Gasteiger partial charge in [-0.2, -0.15) is 0 Å². The Bertz CT molecular complexity index is 1010. The fourth-order valence-corrected chi connectivity index (χ4v) is 4.99. The van der Waals surface area contributed by atoms with Crippen LogP contribution in [0.15, 0.2) is 33.5 Å². The largest absolute Gasteiger partial charge is 0.496 e. The topological polar surface area (TPSA) is 125 Å². The van der Waals surface area contributed by atoms with Crippen molar-refractivity contribution in [3.63, 3.8) is 0 Å². The molecule has 0 saturated carbocycles. The number of fused-ring (bicyclic) bond motifs is 2. The summed E-state index contributed by atoms with van der Waals surface area (Å²) in [5.41, 5.74) is -1.96. The number of carbonyl (C=O) groups is 1. The van der Waals surface area contributed by atoms with Gasteiger partial charge in [0.25, 0.3) is 0 Å². The van der Waals surface area contributed by atoms with Gasteiger partial charge in [0.1, 0.15) is 28.8 Å². The lowest BCUT2D eigenvalue weighted by Gasteiger charge is -2.48.